The molecule has 3 aromatic rings. The van der Waals surface area contributed by atoms with Crippen LogP contribution in [0.15, 0.2) is 29.9 Å². The van der Waals surface area contributed by atoms with Gasteiger partial charge in [0, 0.05) is 30.7 Å². The number of hydrogen-bond acceptors (Lipinski definition) is 6. The first-order chi connectivity index (χ1) is 12.5. The molecule has 8 heteroatoms. The molecule has 26 heavy (non-hydrogen) atoms. The van der Waals surface area contributed by atoms with E-state index in [0.29, 0.717) is 24.6 Å². The van der Waals surface area contributed by atoms with E-state index in [4.69, 9.17) is 5.73 Å². The van der Waals surface area contributed by atoms with Crippen LogP contribution in [-0.2, 0) is 13.1 Å². The van der Waals surface area contributed by atoms with Gasteiger partial charge in [-0.1, -0.05) is 0 Å². The summed E-state index contributed by atoms with van der Waals surface area (Å²) in [5.74, 6) is 0.364. The molecule has 7 nitrogen and oxygen atoms in total. The normalized spacial score (nSPS) is 12.9. The fraction of sp³-hybridized carbons (Fsp3) is 0.222. The van der Waals surface area contributed by atoms with Crippen molar-refractivity contribution in [3.8, 4) is 10.6 Å². The number of urea groups is 1. The van der Waals surface area contributed by atoms with E-state index in [-0.39, 0.29) is 6.03 Å². The highest BCUT2D eigenvalue weighted by Crippen LogP contribution is 2.28. The molecule has 0 bridgehead atoms. The molecule has 0 spiro atoms. The molecule has 1 aliphatic rings. The highest BCUT2D eigenvalue weighted by Gasteiger charge is 2.26. The molecule has 0 unspecified atom stereocenters. The lowest BCUT2D eigenvalue weighted by Crippen LogP contribution is -2.31. The zero-order chi connectivity index (χ0) is 18.3. The average Bonchev–Trinajstić information content (AvgIpc) is 3.26. The summed E-state index contributed by atoms with van der Waals surface area (Å²) in [6.45, 7) is 5.03. The first-order valence-corrected chi connectivity index (χ1v) is 9.06. The third-order valence-electron chi connectivity index (χ3n) is 4.39. The van der Waals surface area contributed by atoms with Crippen LogP contribution in [0.25, 0.3) is 10.6 Å². The van der Waals surface area contributed by atoms with E-state index in [2.05, 4.69) is 20.3 Å². The summed E-state index contributed by atoms with van der Waals surface area (Å²) >= 11 is 1.48. The summed E-state index contributed by atoms with van der Waals surface area (Å²) < 4.78 is 0. The van der Waals surface area contributed by atoms with Crippen molar-refractivity contribution in [3.05, 3.63) is 52.4 Å². The van der Waals surface area contributed by atoms with E-state index >= 15 is 0 Å². The molecule has 1 aliphatic heterocycles. The number of carbonyl (C=O) groups is 1. The number of carbonyl (C=O) groups excluding carboxylic acids is 1. The highest BCUT2D eigenvalue weighted by molar-refractivity contribution is 7.13. The number of nitrogens with one attached hydrogen (secondary N) is 1. The monoisotopic (exact) mass is 366 g/mol. The van der Waals surface area contributed by atoms with Crippen molar-refractivity contribution in [2.45, 2.75) is 26.9 Å². The molecular weight excluding hydrogens is 348 g/mol. The average molecular weight is 366 g/mol. The quantitative estimate of drug-likeness (QED) is 0.725. The van der Waals surface area contributed by atoms with Crippen LogP contribution in [0.3, 0.4) is 0 Å². The number of aromatic nitrogens is 3. The van der Waals surface area contributed by atoms with Gasteiger partial charge in [0.15, 0.2) is 5.82 Å². The van der Waals surface area contributed by atoms with E-state index in [1.54, 1.807) is 22.7 Å². The Kier molecular flexibility index (Phi) is 4.04. The van der Waals surface area contributed by atoms with E-state index in [1.807, 2.05) is 26.0 Å². The number of nitrogens with two attached hydrogens (primary N) is 1. The molecule has 0 saturated heterocycles. The van der Waals surface area contributed by atoms with Crippen molar-refractivity contribution in [3.63, 3.8) is 0 Å². The highest BCUT2D eigenvalue weighted by atomic mass is 32.1. The van der Waals surface area contributed by atoms with E-state index in [1.165, 1.54) is 11.3 Å². The topological polar surface area (TPSA) is 97.0 Å². The number of hydrogen-bond donors (Lipinski definition) is 2. The predicted molar refractivity (Wildman–Crippen MR) is 102 cm³/mol. The molecule has 2 amide bonds. The van der Waals surface area contributed by atoms with Crippen LogP contribution < -0.4 is 11.1 Å². The largest absolute Gasteiger partial charge is 0.396 e. The van der Waals surface area contributed by atoms with Gasteiger partial charge in [-0.25, -0.2) is 9.78 Å². The number of pyridine rings is 2. The van der Waals surface area contributed by atoms with Gasteiger partial charge in [-0.15, -0.1) is 11.3 Å². The zero-order valence-corrected chi connectivity index (χ0v) is 15.3. The number of rotatable bonds is 2. The van der Waals surface area contributed by atoms with Crippen LogP contribution in [0.5, 0.6) is 0 Å². The fourth-order valence-electron chi connectivity index (χ4n) is 3.12. The van der Waals surface area contributed by atoms with Crippen molar-refractivity contribution in [1.29, 1.82) is 0 Å². The Morgan fingerprint density at radius 3 is 2.88 bits per heavy atom. The molecule has 4 heterocycles. The Morgan fingerprint density at radius 1 is 1.27 bits per heavy atom. The van der Waals surface area contributed by atoms with Crippen LogP contribution >= 0.6 is 11.3 Å². The molecule has 0 aliphatic carbocycles. The second-order valence-electron chi connectivity index (χ2n) is 6.27. The van der Waals surface area contributed by atoms with Gasteiger partial charge >= 0.3 is 6.03 Å². The minimum absolute atomic E-state index is 0.223. The number of amides is 2. The standard InChI is InChI=1S/C18H18N6OS/c1-10-5-12-7-24(8-13(12)11(2)21-10)18(25)23-17-14(19)3-4-15(22-17)16-6-20-9-26-16/h3-6,9H,7-8,19H2,1-2H3,(H,22,23,25). The molecule has 0 radical (unpaired) electrons. The SMILES string of the molecule is Cc1cc2c(c(C)n1)CN(C(=O)Nc1nc(-c3cncs3)ccc1N)C2. The predicted octanol–water partition coefficient (Wildman–Crippen LogP) is 3.35. The molecule has 0 saturated carbocycles. The van der Waals surface area contributed by atoms with Gasteiger partial charge < -0.3 is 10.6 Å². The van der Waals surface area contributed by atoms with Gasteiger partial charge in [0.05, 0.1) is 21.8 Å². The Hall–Kier alpha value is -3.00. The number of nitrogen functional groups attached to an aromatic ring is 1. The summed E-state index contributed by atoms with van der Waals surface area (Å²) in [6.07, 6.45) is 1.74. The maximum Gasteiger partial charge on any atom is 0.323 e. The molecule has 4 rings (SSSR count). The van der Waals surface area contributed by atoms with Crippen molar-refractivity contribution in [1.82, 2.24) is 19.9 Å². The third kappa shape index (κ3) is 2.99. The number of nitrogens with zero attached hydrogens (tertiary/aromatic N) is 4. The minimum atomic E-state index is -0.223. The van der Waals surface area contributed by atoms with Crippen LogP contribution in [0, 0.1) is 13.8 Å². The lowest BCUT2D eigenvalue weighted by molar-refractivity contribution is 0.212. The maximum absolute atomic E-state index is 12.7. The fourth-order valence-corrected chi connectivity index (χ4v) is 3.71. The Bertz CT molecular complexity index is 986. The summed E-state index contributed by atoms with van der Waals surface area (Å²) in [5.41, 5.74) is 13.1. The zero-order valence-electron chi connectivity index (χ0n) is 14.5. The van der Waals surface area contributed by atoms with E-state index in [0.717, 1.165) is 33.1 Å². The van der Waals surface area contributed by atoms with Gasteiger partial charge in [0.1, 0.15) is 0 Å². The molecule has 132 valence electrons. The molecule has 0 atom stereocenters. The molecule has 0 fully saturated rings. The molecular formula is C18H18N6OS. The van der Waals surface area contributed by atoms with Crippen molar-refractivity contribution < 1.29 is 4.79 Å². The smallest absolute Gasteiger partial charge is 0.323 e. The minimum Gasteiger partial charge on any atom is -0.396 e. The Labute approximate surface area is 154 Å². The van der Waals surface area contributed by atoms with E-state index in [9.17, 15) is 4.79 Å². The number of aryl methyl sites for hydroxylation is 2. The van der Waals surface area contributed by atoms with E-state index < -0.39 is 0 Å². The second-order valence-corrected chi connectivity index (χ2v) is 7.16. The van der Waals surface area contributed by atoms with Crippen LogP contribution in [0.1, 0.15) is 22.5 Å². The van der Waals surface area contributed by atoms with Crippen molar-refractivity contribution in [2.24, 2.45) is 0 Å². The summed E-state index contributed by atoms with van der Waals surface area (Å²) in [4.78, 5) is 28.4. The Balaban J connectivity index is 1.54. The second kappa shape index (κ2) is 6.38. The van der Waals surface area contributed by atoms with Crippen LogP contribution in [-0.4, -0.2) is 25.9 Å². The van der Waals surface area contributed by atoms with Crippen LogP contribution in [0.4, 0.5) is 16.3 Å². The first-order valence-electron chi connectivity index (χ1n) is 8.18. The summed E-state index contributed by atoms with van der Waals surface area (Å²) in [6, 6.07) is 5.38. The Morgan fingerprint density at radius 2 is 2.12 bits per heavy atom. The van der Waals surface area contributed by atoms with Crippen molar-refractivity contribution in [2.75, 3.05) is 11.1 Å². The van der Waals surface area contributed by atoms with Gasteiger partial charge in [0.2, 0.25) is 0 Å². The lowest BCUT2D eigenvalue weighted by atomic mass is 10.1. The number of fused-ring (bicyclic) bond motifs is 1. The molecule has 3 N–H and O–H groups in total. The van der Waals surface area contributed by atoms with Gasteiger partial charge in [-0.2, -0.15) is 0 Å². The summed E-state index contributed by atoms with van der Waals surface area (Å²) in [5, 5.41) is 2.84. The summed E-state index contributed by atoms with van der Waals surface area (Å²) in [7, 11) is 0. The van der Waals surface area contributed by atoms with Gasteiger partial charge in [-0.05, 0) is 43.2 Å². The number of anilines is 2. The third-order valence-corrected chi connectivity index (χ3v) is 5.18. The maximum atomic E-state index is 12.7. The van der Waals surface area contributed by atoms with Crippen molar-refractivity contribution >= 4 is 28.9 Å². The van der Waals surface area contributed by atoms with Gasteiger partial charge in [0.25, 0.3) is 0 Å². The first kappa shape index (κ1) is 16.5. The molecule has 0 aromatic carbocycles. The molecule has 3 aromatic heterocycles. The van der Waals surface area contributed by atoms with Gasteiger partial charge in [-0.3, -0.25) is 15.3 Å². The number of thiazole rings is 1. The van der Waals surface area contributed by atoms with Crippen LogP contribution in [0.2, 0.25) is 0 Å². The lowest BCUT2D eigenvalue weighted by Gasteiger charge is -2.17.